The van der Waals surface area contributed by atoms with Gasteiger partial charge in [0.25, 0.3) is 12.3 Å². The molecule has 1 N–H and O–H groups in total. The number of rotatable bonds is 8. The van der Waals surface area contributed by atoms with Gasteiger partial charge in [-0.1, -0.05) is 29.8 Å². The van der Waals surface area contributed by atoms with E-state index in [2.05, 4.69) is 14.9 Å². The summed E-state index contributed by atoms with van der Waals surface area (Å²) >= 11 is 6.39. The molecule has 2 aliphatic heterocycles. The molecule has 0 saturated carbocycles. The molecule has 2 fully saturated rings. The predicted molar refractivity (Wildman–Crippen MR) is 158 cm³/mol. The molecule has 1 unspecified atom stereocenters. The molecule has 1 atom stereocenters. The molecule has 3 heterocycles. The summed E-state index contributed by atoms with van der Waals surface area (Å²) in [5.41, 5.74) is 2.69. The van der Waals surface area contributed by atoms with Crippen LogP contribution in [-0.4, -0.2) is 77.5 Å². The zero-order valence-electron chi connectivity index (χ0n) is 23.0. The fourth-order valence-corrected chi connectivity index (χ4v) is 6.00. The third kappa shape index (κ3) is 7.12. The van der Waals surface area contributed by atoms with E-state index in [0.717, 1.165) is 35.6 Å². The minimum Gasteiger partial charge on any atom is -0.478 e. The van der Waals surface area contributed by atoms with Crippen molar-refractivity contribution in [1.82, 2.24) is 14.7 Å². The Morgan fingerprint density at radius 2 is 1.76 bits per heavy atom. The van der Waals surface area contributed by atoms with E-state index in [1.54, 1.807) is 11.0 Å². The Morgan fingerprint density at radius 1 is 1.07 bits per heavy atom. The normalized spacial score (nSPS) is 18.3. The van der Waals surface area contributed by atoms with Crippen LogP contribution in [0.25, 0.3) is 11.1 Å². The summed E-state index contributed by atoms with van der Waals surface area (Å²) in [5, 5.41) is 13.9. The second-order valence-electron chi connectivity index (χ2n) is 10.8. The fourth-order valence-electron chi connectivity index (χ4n) is 5.84. The highest BCUT2D eigenvalue weighted by Gasteiger charge is 2.32. The van der Waals surface area contributed by atoms with E-state index in [4.69, 9.17) is 11.6 Å². The zero-order chi connectivity index (χ0) is 29.3. The van der Waals surface area contributed by atoms with Gasteiger partial charge in [0.05, 0.1) is 18.8 Å². The maximum Gasteiger partial charge on any atom is 0.339 e. The first-order valence-corrected chi connectivity index (χ1v) is 14.0. The Morgan fingerprint density at radius 3 is 2.38 bits per heavy atom. The number of halogens is 6. The predicted octanol–water partition coefficient (Wildman–Crippen LogP) is 6.88. The molecule has 0 radical (unpaired) electrons. The molecule has 228 valence electrons. The number of hydrogen-bond donors (Lipinski definition) is 1. The Hall–Kier alpha value is -3.02. The lowest BCUT2D eigenvalue weighted by atomic mass is 9.99. The van der Waals surface area contributed by atoms with E-state index in [-0.39, 0.29) is 19.0 Å². The summed E-state index contributed by atoms with van der Waals surface area (Å²) in [6.07, 6.45) is -0.676. The maximum atomic E-state index is 13.9. The van der Waals surface area contributed by atoms with E-state index in [1.807, 2.05) is 36.4 Å². The molecular weight excluding hydrogens is 597 g/mol. The molecule has 13 heteroatoms. The highest BCUT2D eigenvalue weighted by Crippen LogP contribution is 2.38. The van der Waals surface area contributed by atoms with Gasteiger partial charge in [-0.15, -0.1) is 12.4 Å². The van der Waals surface area contributed by atoms with Crippen molar-refractivity contribution in [2.24, 2.45) is 0 Å². The second kappa shape index (κ2) is 13.1. The number of nitrogens with zero attached hydrogens (tertiary/aromatic N) is 5. The minimum absolute atomic E-state index is 0. The van der Waals surface area contributed by atoms with Crippen LogP contribution >= 0.6 is 24.0 Å². The Bertz CT molecular complexity index is 1380. The largest absolute Gasteiger partial charge is 0.478 e. The third-order valence-electron chi connectivity index (χ3n) is 7.73. The Labute approximate surface area is 253 Å². The smallest absolute Gasteiger partial charge is 0.339 e. The van der Waals surface area contributed by atoms with Crippen LogP contribution < -0.4 is 9.80 Å². The van der Waals surface area contributed by atoms with Crippen molar-refractivity contribution in [2.75, 3.05) is 55.6 Å². The lowest BCUT2D eigenvalue weighted by molar-refractivity contribution is -0.0155. The van der Waals surface area contributed by atoms with Crippen LogP contribution in [0.4, 0.5) is 28.9 Å². The van der Waals surface area contributed by atoms with Gasteiger partial charge in [0, 0.05) is 68.2 Å². The van der Waals surface area contributed by atoms with Crippen molar-refractivity contribution in [3.63, 3.8) is 0 Å². The number of carbonyl (C=O) groups is 1. The monoisotopic (exact) mass is 629 g/mol. The number of piperidine rings is 1. The van der Waals surface area contributed by atoms with Crippen LogP contribution in [-0.2, 0) is 0 Å². The number of carboxylic acids is 1. The molecular formula is C29H33Cl2F4N5O2. The van der Waals surface area contributed by atoms with Crippen molar-refractivity contribution in [3.8, 4) is 11.1 Å². The minimum atomic E-state index is -2.96. The second-order valence-corrected chi connectivity index (χ2v) is 11.2. The van der Waals surface area contributed by atoms with Crippen LogP contribution in [0.2, 0.25) is 5.02 Å². The Balaban J connectivity index is 0.00000405. The number of benzene rings is 2. The molecule has 2 aliphatic rings. The van der Waals surface area contributed by atoms with Gasteiger partial charge in [-0.3, -0.25) is 9.58 Å². The number of alkyl halides is 4. The van der Waals surface area contributed by atoms with E-state index in [0.29, 0.717) is 57.1 Å². The van der Waals surface area contributed by atoms with Crippen LogP contribution in [0.15, 0.2) is 48.7 Å². The molecule has 0 bridgehead atoms. The van der Waals surface area contributed by atoms with Crippen molar-refractivity contribution in [1.29, 1.82) is 0 Å². The number of aromatic carboxylic acids is 1. The number of aromatic nitrogens is 2. The van der Waals surface area contributed by atoms with Crippen LogP contribution in [0.1, 0.15) is 48.3 Å². The van der Waals surface area contributed by atoms with Crippen LogP contribution in [0.5, 0.6) is 0 Å². The van der Waals surface area contributed by atoms with E-state index in [1.165, 1.54) is 4.68 Å². The lowest BCUT2D eigenvalue weighted by Gasteiger charge is -2.37. The van der Waals surface area contributed by atoms with Gasteiger partial charge >= 0.3 is 5.97 Å². The molecule has 3 aromatic rings. The summed E-state index contributed by atoms with van der Waals surface area (Å²) in [6.45, 7) is 4.22. The number of carboxylic acid groups (broad SMARTS) is 1. The number of anilines is 2. The molecule has 42 heavy (non-hydrogen) atoms. The van der Waals surface area contributed by atoms with Gasteiger partial charge in [-0.2, -0.15) is 5.10 Å². The molecule has 7 nitrogen and oxygen atoms in total. The summed E-state index contributed by atoms with van der Waals surface area (Å²) in [6, 6.07) is 13.2. The summed E-state index contributed by atoms with van der Waals surface area (Å²) in [7, 11) is 0. The third-order valence-corrected chi connectivity index (χ3v) is 7.97. The quantitative estimate of drug-likeness (QED) is 0.274. The van der Waals surface area contributed by atoms with E-state index in [9.17, 15) is 27.5 Å². The molecule has 2 aromatic carbocycles. The molecule has 2 saturated heterocycles. The highest BCUT2D eigenvalue weighted by atomic mass is 35.5. The van der Waals surface area contributed by atoms with Gasteiger partial charge in [0.1, 0.15) is 11.3 Å². The van der Waals surface area contributed by atoms with Gasteiger partial charge in [-0.25, -0.2) is 22.4 Å². The van der Waals surface area contributed by atoms with Crippen molar-refractivity contribution in [2.45, 2.75) is 38.2 Å². The molecule has 0 spiro atoms. The van der Waals surface area contributed by atoms with Crippen molar-refractivity contribution in [3.05, 3.63) is 64.9 Å². The van der Waals surface area contributed by atoms with Crippen molar-refractivity contribution >= 4 is 41.4 Å². The average molecular weight is 631 g/mol. The van der Waals surface area contributed by atoms with Crippen LogP contribution in [0, 0.1) is 0 Å². The first-order valence-electron chi connectivity index (χ1n) is 13.6. The van der Waals surface area contributed by atoms with Crippen molar-refractivity contribution < 1.29 is 27.5 Å². The first-order chi connectivity index (χ1) is 19.5. The summed E-state index contributed by atoms with van der Waals surface area (Å²) < 4.78 is 55.7. The number of piperazine rings is 1. The molecule has 0 amide bonds. The maximum absolute atomic E-state index is 13.9. The van der Waals surface area contributed by atoms with Gasteiger partial charge in [0.2, 0.25) is 0 Å². The van der Waals surface area contributed by atoms with E-state index < -0.39 is 35.6 Å². The summed E-state index contributed by atoms with van der Waals surface area (Å²) in [5.74, 6) is -4.14. The lowest BCUT2D eigenvalue weighted by Crippen LogP contribution is -2.49. The fraction of sp³-hybridized carbons (Fsp3) is 0.448. The van der Waals surface area contributed by atoms with Gasteiger partial charge in [0.15, 0.2) is 0 Å². The van der Waals surface area contributed by atoms with Gasteiger partial charge < -0.3 is 14.9 Å². The van der Waals surface area contributed by atoms with Crippen LogP contribution in [0.3, 0.4) is 0 Å². The molecule has 0 aliphatic carbocycles. The highest BCUT2D eigenvalue weighted by molar-refractivity contribution is 6.31. The van der Waals surface area contributed by atoms with E-state index >= 15 is 0 Å². The molecule has 5 rings (SSSR count). The van der Waals surface area contributed by atoms with Gasteiger partial charge in [-0.05, 0) is 42.7 Å². The summed E-state index contributed by atoms with van der Waals surface area (Å²) in [4.78, 5) is 17.5. The Kier molecular flexibility index (Phi) is 9.95. The molecule has 1 aromatic heterocycles. The topological polar surface area (TPSA) is 64.8 Å². The number of hydrogen-bond acceptors (Lipinski definition) is 5. The SMILES string of the molecule is CC(F)(F)CN1CCN(c2ccc(-c3ccc(Cl)cc3N3CCCC(n4ncc(C(=O)O)c4C(F)F)C3)cc2)CC1.Cl. The standard InChI is InChI=1S/C29H32ClF4N5O2.ClH/c1-29(33,34)18-36-11-13-37(14-12-36)21-7-4-19(5-8-21)23-9-6-20(30)15-25(23)38-10-2-3-22(17-38)39-26(27(31)32)24(16-35-39)28(40)41;/h4-9,15-16,22,27H,2-3,10-14,17-18H2,1H3,(H,40,41);1H. The average Bonchev–Trinajstić information content (AvgIpc) is 3.39. The first kappa shape index (κ1) is 31.9. The zero-order valence-corrected chi connectivity index (χ0v) is 24.6.